The minimum atomic E-state index is -4.20. The molecule has 2 rings (SSSR count). The van der Waals surface area contributed by atoms with Crippen molar-refractivity contribution in [1.82, 2.24) is 15.1 Å². The van der Waals surface area contributed by atoms with Crippen molar-refractivity contribution >= 4 is 21.8 Å². The lowest BCUT2D eigenvalue weighted by Gasteiger charge is -2.15. The maximum atomic E-state index is 12.8. The van der Waals surface area contributed by atoms with Crippen LogP contribution in [0.2, 0.25) is 0 Å². The zero-order chi connectivity index (χ0) is 20.7. The fourth-order valence-corrected chi connectivity index (χ4v) is 2.64. The van der Waals surface area contributed by atoms with Gasteiger partial charge in [0.2, 0.25) is 0 Å². The summed E-state index contributed by atoms with van der Waals surface area (Å²) in [6.45, 7) is 1.27. The van der Waals surface area contributed by atoms with Crippen LogP contribution in [0.5, 0.6) is 0 Å². The highest BCUT2D eigenvalue weighted by Crippen LogP contribution is 2.23. The van der Waals surface area contributed by atoms with Crippen LogP contribution in [-0.4, -0.2) is 41.2 Å². The predicted molar refractivity (Wildman–Crippen MR) is 98.7 cm³/mol. The highest BCUT2D eigenvalue weighted by Gasteiger charge is 2.40. The second-order valence-corrected chi connectivity index (χ2v) is 7.04. The Hall–Kier alpha value is -1.94. The Morgan fingerprint density at radius 2 is 2.14 bits per heavy atom. The summed E-state index contributed by atoms with van der Waals surface area (Å²) in [5, 5.41) is 7.06. The quantitative estimate of drug-likeness (QED) is 0.422. The van der Waals surface area contributed by atoms with E-state index in [1.54, 1.807) is 22.9 Å². The molecule has 0 saturated heterocycles. The lowest BCUT2D eigenvalue weighted by Crippen LogP contribution is -2.32. The van der Waals surface area contributed by atoms with E-state index in [-0.39, 0.29) is 12.5 Å². The minimum absolute atomic E-state index is 0.295. The van der Waals surface area contributed by atoms with Crippen molar-refractivity contribution in [2.75, 3.05) is 13.2 Å². The molecule has 0 atom stereocenters. The molecule has 0 fully saturated rings. The van der Waals surface area contributed by atoms with Gasteiger partial charge in [-0.15, -0.1) is 0 Å². The van der Waals surface area contributed by atoms with Gasteiger partial charge < -0.3 is 10.1 Å². The number of halogens is 5. The number of carbonyl (C=O) groups excluding carboxylic acids is 1. The summed E-state index contributed by atoms with van der Waals surface area (Å²) in [5.74, 6) is -4.52. The Morgan fingerprint density at radius 3 is 2.79 bits per heavy atom. The number of rotatable bonds is 10. The fraction of sp³-hybridized carbons (Fsp3) is 0.444. The number of amides is 1. The third kappa shape index (κ3) is 6.59. The van der Waals surface area contributed by atoms with Crippen molar-refractivity contribution in [3.63, 3.8) is 0 Å². The van der Waals surface area contributed by atoms with Crippen LogP contribution in [0.1, 0.15) is 28.0 Å². The summed E-state index contributed by atoms with van der Waals surface area (Å²) < 4.78 is 57.2. The lowest BCUT2D eigenvalue weighted by atomic mass is 10.1. The van der Waals surface area contributed by atoms with Crippen LogP contribution in [0.4, 0.5) is 17.6 Å². The maximum Gasteiger partial charge on any atom is 0.330 e. The van der Waals surface area contributed by atoms with E-state index in [4.69, 9.17) is 0 Å². The molecular weight excluding hydrogens is 446 g/mol. The summed E-state index contributed by atoms with van der Waals surface area (Å²) in [7, 11) is 0. The van der Waals surface area contributed by atoms with Gasteiger partial charge in [0.05, 0.1) is 16.8 Å². The zero-order valence-electron chi connectivity index (χ0n) is 15.1. The standard InChI is InChI=1S/C18H20BrF4N3O2/c1-12-15(19)9-26(25-12)7-3-6-24-16(27)14-5-2-4-13(8-14)10-28-11-18(22,23)17(20)21/h2,4-5,8-9,17H,3,6-7,10-11H2,1H3,(H,24,27). The number of nitrogens with one attached hydrogen (secondary N) is 1. The summed E-state index contributed by atoms with van der Waals surface area (Å²) in [6, 6.07) is 6.18. The molecule has 0 bridgehead atoms. The van der Waals surface area contributed by atoms with Crippen molar-refractivity contribution in [1.29, 1.82) is 0 Å². The van der Waals surface area contributed by atoms with Crippen molar-refractivity contribution in [2.45, 2.75) is 38.8 Å². The van der Waals surface area contributed by atoms with Gasteiger partial charge >= 0.3 is 12.3 Å². The van der Waals surface area contributed by atoms with Crippen molar-refractivity contribution < 1.29 is 27.1 Å². The molecule has 1 heterocycles. The van der Waals surface area contributed by atoms with E-state index in [9.17, 15) is 22.4 Å². The van der Waals surface area contributed by atoms with Crippen LogP contribution < -0.4 is 5.32 Å². The first kappa shape index (κ1) is 22.4. The van der Waals surface area contributed by atoms with E-state index in [0.29, 0.717) is 30.6 Å². The van der Waals surface area contributed by atoms with Gasteiger partial charge in [0.25, 0.3) is 5.91 Å². The Labute approximate surface area is 168 Å². The van der Waals surface area contributed by atoms with Crippen LogP contribution in [0.3, 0.4) is 0 Å². The number of hydrogen-bond donors (Lipinski definition) is 1. The first-order valence-corrected chi connectivity index (χ1v) is 9.29. The SMILES string of the molecule is Cc1nn(CCCNC(=O)c2cccc(COCC(F)(F)C(F)F)c2)cc1Br. The van der Waals surface area contributed by atoms with Gasteiger partial charge in [-0.2, -0.15) is 13.9 Å². The Kier molecular flexibility index (Phi) is 7.99. The molecule has 0 spiro atoms. The van der Waals surface area contributed by atoms with E-state index in [2.05, 4.69) is 31.1 Å². The summed E-state index contributed by atoms with van der Waals surface area (Å²) >= 11 is 3.38. The number of benzene rings is 1. The van der Waals surface area contributed by atoms with Gasteiger partial charge in [-0.05, 0) is 47.0 Å². The van der Waals surface area contributed by atoms with Gasteiger partial charge in [-0.1, -0.05) is 12.1 Å². The monoisotopic (exact) mass is 465 g/mol. The van der Waals surface area contributed by atoms with Gasteiger partial charge in [-0.3, -0.25) is 9.48 Å². The van der Waals surface area contributed by atoms with E-state index in [0.717, 1.165) is 10.2 Å². The average molecular weight is 466 g/mol. The number of aromatic nitrogens is 2. The predicted octanol–water partition coefficient (Wildman–Crippen LogP) is 4.19. The molecule has 0 radical (unpaired) electrons. The zero-order valence-corrected chi connectivity index (χ0v) is 16.7. The molecule has 5 nitrogen and oxygen atoms in total. The number of alkyl halides is 4. The third-order valence-electron chi connectivity index (χ3n) is 3.81. The molecule has 10 heteroatoms. The number of ether oxygens (including phenoxy) is 1. The van der Waals surface area contributed by atoms with Crippen LogP contribution in [0, 0.1) is 6.92 Å². The van der Waals surface area contributed by atoms with Gasteiger partial charge in [0, 0.05) is 24.8 Å². The van der Waals surface area contributed by atoms with Crippen molar-refractivity contribution in [2.24, 2.45) is 0 Å². The molecular formula is C18H20BrF4N3O2. The minimum Gasteiger partial charge on any atom is -0.370 e. The topological polar surface area (TPSA) is 56.2 Å². The molecule has 28 heavy (non-hydrogen) atoms. The second kappa shape index (κ2) is 10.0. The molecule has 0 saturated carbocycles. The summed E-state index contributed by atoms with van der Waals surface area (Å²) in [5.41, 5.74) is 1.66. The lowest BCUT2D eigenvalue weighted by molar-refractivity contribution is -0.168. The Balaban J connectivity index is 1.78. The maximum absolute atomic E-state index is 12.8. The van der Waals surface area contributed by atoms with Crippen LogP contribution in [0.25, 0.3) is 0 Å². The molecule has 0 aliphatic heterocycles. The molecule has 1 aromatic carbocycles. The van der Waals surface area contributed by atoms with E-state index in [1.807, 2.05) is 13.1 Å². The number of nitrogens with zero attached hydrogens (tertiary/aromatic N) is 2. The van der Waals surface area contributed by atoms with Crippen molar-refractivity contribution in [3.05, 3.63) is 51.8 Å². The average Bonchev–Trinajstić information content (AvgIpc) is 2.96. The normalized spacial score (nSPS) is 11.8. The second-order valence-electron chi connectivity index (χ2n) is 6.19. The van der Waals surface area contributed by atoms with E-state index < -0.39 is 19.0 Å². The summed E-state index contributed by atoms with van der Waals surface area (Å²) in [6.07, 6.45) is -1.25. The molecule has 1 aromatic heterocycles. The Morgan fingerprint density at radius 1 is 1.39 bits per heavy atom. The third-order valence-corrected chi connectivity index (χ3v) is 4.59. The molecule has 1 N–H and O–H groups in total. The number of aryl methyl sites for hydroxylation is 2. The highest BCUT2D eigenvalue weighted by atomic mass is 79.9. The highest BCUT2D eigenvalue weighted by molar-refractivity contribution is 9.10. The van der Waals surface area contributed by atoms with Crippen molar-refractivity contribution in [3.8, 4) is 0 Å². The first-order chi connectivity index (χ1) is 13.2. The molecule has 0 aliphatic rings. The van der Waals surface area contributed by atoms with Crippen LogP contribution >= 0.6 is 15.9 Å². The molecule has 0 aliphatic carbocycles. The van der Waals surface area contributed by atoms with E-state index in [1.165, 1.54) is 6.07 Å². The van der Waals surface area contributed by atoms with Gasteiger partial charge in [0.1, 0.15) is 6.61 Å². The van der Waals surface area contributed by atoms with E-state index >= 15 is 0 Å². The van der Waals surface area contributed by atoms with Gasteiger partial charge in [0.15, 0.2) is 0 Å². The number of hydrogen-bond acceptors (Lipinski definition) is 3. The smallest absolute Gasteiger partial charge is 0.330 e. The molecule has 154 valence electrons. The molecule has 0 unspecified atom stereocenters. The van der Waals surface area contributed by atoms with Crippen LogP contribution in [0.15, 0.2) is 34.9 Å². The largest absolute Gasteiger partial charge is 0.370 e. The Bertz CT molecular complexity index is 779. The van der Waals surface area contributed by atoms with Crippen LogP contribution in [-0.2, 0) is 17.9 Å². The first-order valence-electron chi connectivity index (χ1n) is 8.49. The molecule has 1 amide bonds. The fourth-order valence-electron chi connectivity index (χ4n) is 2.32. The number of carbonyl (C=O) groups is 1. The summed E-state index contributed by atoms with van der Waals surface area (Å²) in [4.78, 5) is 12.2. The molecule has 2 aromatic rings. The van der Waals surface area contributed by atoms with Gasteiger partial charge in [-0.25, -0.2) is 8.78 Å².